The van der Waals surface area contributed by atoms with E-state index >= 15 is 0 Å². The predicted molar refractivity (Wildman–Crippen MR) is 176 cm³/mol. The first kappa shape index (κ1) is 40.3. The van der Waals surface area contributed by atoms with Crippen LogP contribution < -0.4 is 15.7 Å². The highest BCUT2D eigenvalue weighted by Gasteiger charge is 2.58. The third kappa shape index (κ3) is 19.4. The van der Waals surface area contributed by atoms with Crippen molar-refractivity contribution < 1.29 is 39.3 Å². The van der Waals surface area contributed by atoms with Crippen LogP contribution in [0.3, 0.4) is 0 Å². The molecule has 0 aromatic rings. The molecule has 3 unspecified atom stereocenters. The second-order valence-corrected chi connectivity index (χ2v) is 12.5. The van der Waals surface area contributed by atoms with Crippen LogP contribution in [0.5, 0.6) is 0 Å². The molecule has 1 saturated carbocycles. The van der Waals surface area contributed by atoms with Gasteiger partial charge in [0.2, 0.25) is 11.8 Å². The molecular weight excluding hydrogens is 597 g/mol. The summed E-state index contributed by atoms with van der Waals surface area (Å²) in [5, 5.41) is 35.2. The van der Waals surface area contributed by atoms with Gasteiger partial charge in [-0.05, 0) is 38.0 Å². The molecule has 0 aromatic heterocycles. The zero-order chi connectivity index (χ0) is 33.3. The van der Waals surface area contributed by atoms with Crippen molar-refractivity contribution in [3.63, 3.8) is 0 Å². The first-order valence-corrected chi connectivity index (χ1v) is 17.4. The summed E-state index contributed by atoms with van der Waals surface area (Å²) in [5.74, 6) is 1.46. The highest BCUT2D eigenvalue weighted by atomic mass is 31.0. The van der Waals surface area contributed by atoms with Gasteiger partial charge >= 0.3 is 17.9 Å². The summed E-state index contributed by atoms with van der Waals surface area (Å²) in [4.78, 5) is 57.5. The van der Waals surface area contributed by atoms with E-state index in [1.54, 1.807) is 0 Å². The molecule has 0 bridgehead atoms. The van der Waals surface area contributed by atoms with E-state index in [9.17, 15) is 34.2 Å². The van der Waals surface area contributed by atoms with Gasteiger partial charge in [-0.2, -0.15) is 0 Å². The zero-order valence-corrected chi connectivity index (χ0v) is 28.0. The maximum atomic E-state index is 12.2. The summed E-state index contributed by atoms with van der Waals surface area (Å²) < 4.78 is 0. The van der Waals surface area contributed by atoms with Gasteiger partial charge in [0.1, 0.15) is 5.54 Å². The third-order valence-electron chi connectivity index (χ3n) is 8.39. The summed E-state index contributed by atoms with van der Waals surface area (Å²) in [5.41, 5.74) is -0.882. The highest BCUT2D eigenvalue weighted by Crippen LogP contribution is 2.47. The summed E-state index contributed by atoms with van der Waals surface area (Å²) in [6, 6.07) is -1.36. The number of carbonyl (C=O) groups is 5. The molecule has 0 spiro atoms. The van der Waals surface area contributed by atoms with Gasteiger partial charge in [0, 0.05) is 19.4 Å². The van der Waals surface area contributed by atoms with Crippen molar-refractivity contribution in [1.82, 2.24) is 15.7 Å². The Morgan fingerprint density at radius 2 is 1.20 bits per heavy atom. The number of carboxylic acids is 3. The summed E-state index contributed by atoms with van der Waals surface area (Å²) in [6.45, 7) is 0.379. The van der Waals surface area contributed by atoms with E-state index in [-0.39, 0.29) is 37.0 Å². The molecule has 45 heavy (non-hydrogen) atoms. The van der Waals surface area contributed by atoms with E-state index in [1.807, 2.05) is 0 Å². The average molecular weight is 654 g/mol. The van der Waals surface area contributed by atoms with Crippen LogP contribution in [0.4, 0.5) is 0 Å². The Morgan fingerprint density at radius 3 is 1.62 bits per heavy atom. The fraction of sp³-hybridized carbons (Fsp3) is 0.788. The minimum Gasteiger partial charge on any atom is -0.481 e. The molecule has 0 aromatic carbocycles. The van der Waals surface area contributed by atoms with Gasteiger partial charge in [-0.25, -0.2) is 4.79 Å². The number of hydrogen-bond donors (Lipinski definition) is 6. The lowest BCUT2D eigenvalue weighted by molar-refractivity contribution is -0.141. The number of rotatable bonds is 28. The predicted octanol–water partition coefficient (Wildman–Crippen LogP) is 5.18. The Morgan fingerprint density at radius 1 is 0.711 bits per heavy atom. The molecule has 1 aliphatic rings. The van der Waals surface area contributed by atoms with Crippen LogP contribution in [0.2, 0.25) is 0 Å². The second kappa shape index (κ2) is 24.5. The molecule has 6 N–H and O–H groups in total. The maximum Gasteiger partial charge on any atom is 0.338 e. The first-order valence-electron chi connectivity index (χ1n) is 16.8. The monoisotopic (exact) mass is 653 g/mol. The molecule has 11 nitrogen and oxygen atoms in total. The molecule has 0 heterocycles. The lowest BCUT2D eigenvalue weighted by atomic mass is 10.0. The van der Waals surface area contributed by atoms with Crippen LogP contribution in [0, 0.1) is 17.8 Å². The average Bonchev–Trinajstić information content (AvgIpc) is 3.72. The van der Waals surface area contributed by atoms with E-state index in [2.05, 4.69) is 37.0 Å². The molecular formula is C33H56N3O8P. The van der Waals surface area contributed by atoms with Crippen molar-refractivity contribution in [3.8, 4) is 11.8 Å². The molecule has 0 saturated heterocycles. The Bertz CT molecular complexity index is 983. The quantitative estimate of drug-likeness (QED) is 0.0377. The van der Waals surface area contributed by atoms with Gasteiger partial charge in [0.05, 0.1) is 6.42 Å². The Hall–Kier alpha value is -2.70. The van der Waals surface area contributed by atoms with Gasteiger partial charge in [0.25, 0.3) is 0 Å². The van der Waals surface area contributed by atoms with Gasteiger partial charge < -0.3 is 26.0 Å². The number of carboxylic acid groups (broad SMARTS) is 3. The highest BCUT2D eigenvalue weighted by molar-refractivity contribution is 7.13. The van der Waals surface area contributed by atoms with E-state index in [0.29, 0.717) is 32.2 Å². The van der Waals surface area contributed by atoms with E-state index in [4.69, 9.17) is 5.11 Å². The van der Waals surface area contributed by atoms with Gasteiger partial charge in [-0.15, -0.1) is 0 Å². The standard InChI is InChI=1S/C33H56N3O8P/c37-28(34-24-18-19-26-25-33(26,36-45)32(43)44)22-17-20-27(31(41)42)35-29(38)21-15-13-11-9-7-5-3-1-2-4-6-8-10-12-14-16-23-30(39)40/h26-27,36H,1-16,18-19,21-25,45H2,(H,34,37)(H,35,38)(H,39,40)(H,41,42)(H,43,44)/t26?,27-,33?/m0/s1. The first-order chi connectivity index (χ1) is 21.6. The smallest absolute Gasteiger partial charge is 0.338 e. The van der Waals surface area contributed by atoms with Crippen LogP contribution >= 0.6 is 9.39 Å². The van der Waals surface area contributed by atoms with Crippen molar-refractivity contribution >= 4 is 39.1 Å². The molecule has 2 amide bonds. The Kier molecular flexibility index (Phi) is 22.0. The van der Waals surface area contributed by atoms with Crippen LogP contribution in [0.15, 0.2) is 0 Å². The minimum absolute atomic E-state index is 0.0210. The van der Waals surface area contributed by atoms with Crippen LogP contribution in [0.1, 0.15) is 141 Å². The van der Waals surface area contributed by atoms with Crippen molar-refractivity contribution in [2.24, 2.45) is 5.92 Å². The lowest BCUT2D eigenvalue weighted by Gasteiger charge is -2.10. The number of amides is 2. The number of hydrogen-bond acceptors (Lipinski definition) is 6. The summed E-state index contributed by atoms with van der Waals surface area (Å²) >= 11 is 0. The van der Waals surface area contributed by atoms with Crippen molar-refractivity contribution in [1.29, 1.82) is 0 Å². The van der Waals surface area contributed by atoms with Gasteiger partial charge in [-0.1, -0.05) is 111 Å². The van der Waals surface area contributed by atoms with Gasteiger partial charge in [0.15, 0.2) is 6.04 Å². The topological polar surface area (TPSA) is 182 Å². The molecule has 0 radical (unpaired) electrons. The maximum absolute atomic E-state index is 12.2. The number of nitrogens with one attached hydrogen (secondary N) is 3. The van der Waals surface area contributed by atoms with Crippen molar-refractivity contribution in [2.45, 2.75) is 153 Å². The molecule has 12 heteroatoms. The van der Waals surface area contributed by atoms with Crippen molar-refractivity contribution in [3.05, 3.63) is 0 Å². The molecule has 1 rings (SSSR count). The van der Waals surface area contributed by atoms with Crippen LogP contribution in [-0.4, -0.2) is 63.2 Å². The SMILES string of the molecule is O=C(O)CCCCCCCCCCCCCCCCCCC(=O)N[C@@H](C#CCC(=O)NCCCC1CC1(NP)C(=O)O)C(=O)O. The van der Waals surface area contributed by atoms with E-state index in [0.717, 1.165) is 38.5 Å². The van der Waals surface area contributed by atoms with Gasteiger partial charge in [-0.3, -0.25) is 24.3 Å². The minimum atomic E-state index is -1.36. The number of carbonyl (C=O) groups excluding carboxylic acids is 2. The molecule has 1 fully saturated rings. The third-order valence-corrected chi connectivity index (χ3v) is 8.90. The van der Waals surface area contributed by atoms with Crippen LogP contribution in [-0.2, 0) is 24.0 Å². The molecule has 0 aliphatic heterocycles. The Labute approximate surface area is 271 Å². The second-order valence-electron chi connectivity index (χ2n) is 12.2. The fourth-order valence-electron chi connectivity index (χ4n) is 5.48. The molecule has 4 atom stereocenters. The summed E-state index contributed by atoms with van der Waals surface area (Å²) in [7, 11) is 2.25. The Balaban J connectivity index is 2.00. The molecule has 256 valence electrons. The number of aliphatic carboxylic acids is 3. The summed E-state index contributed by atoms with van der Waals surface area (Å²) in [6.07, 6.45) is 20.1. The fourth-order valence-corrected chi connectivity index (χ4v) is 5.96. The van der Waals surface area contributed by atoms with Crippen LogP contribution in [0.25, 0.3) is 0 Å². The largest absolute Gasteiger partial charge is 0.481 e. The van der Waals surface area contributed by atoms with E-state index < -0.39 is 29.5 Å². The van der Waals surface area contributed by atoms with Crippen molar-refractivity contribution in [2.75, 3.05) is 6.54 Å². The zero-order valence-electron chi connectivity index (χ0n) is 26.9. The molecule has 1 aliphatic carbocycles. The normalized spacial score (nSPS) is 17.5. The lowest BCUT2D eigenvalue weighted by Crippen LogP contribution is -2.39. The number of unbranched alkanes of at least 4 members (excludes halogenated alkanes) is 15. The van der Waals surface area contributed by atoms with E-state index in [1.165, 1.54) is 57.8 Å².